The Morgan fingerprint density at radius 2 is 2.05 bits per heavy atom. The molecule has 1 aromatic rings. The fourth-order valence-electron chi connectivity index (χ4n) is 1.68. The standard InChI is InChI=1S/C14H18N3O4P/c1-14(10-15,16-2)8-7-13(18)17-12-5-3-11(4-6-12)9-22(19,20)21/h3-6H,2,7-9H2,1H3,(H,17,18)(H2,19,20,21). The van der Waals surface area contributed by atoms with Gasteiger partial charge in [0.25, 0.3) is 0 Å². The quantitative estimate of drug-likeness (QED) is 0.523. The number of nitrogens with zero attached hydrogens (tertiary/aromatic N) is 2. The van der Waals surface area contributed by atoms with E-state index in [1.165, 1.54) is 0 Å². The van der Waals surface area contributed by atoms with E-state index in [0.29, 0.717) is 11.3 Å². The maximum Gasteiger partial charge on any atom is 0.329 e. The van der Waals surface area contributed by atoms with Crippen molar-refractivity contribution >= 4 is 25.9 Å². The first-order valence-electron chi connectivity index (χ1n) is 6.50. The van der Waals surface area contributed by atoms with E-state index in [0.717, 1.165) is 0 Å². The van der Waals surface area contributed by atoms with Crippen LogP contribution in [-0.2, 0) is 15.5 Å². The van der Waals surface area contributed by atoms with Gasteiger partial charge in [0.05, 0.1) is 12.2 Å². The van der Waals surface area contributed by atoms with E-state index >= 15 is 0 Å². The van der Waals surface area contributed by atoms with Crippen molar-refractivity contribution in [2.75, 3.05) is 5.32 Å². The van der Waals surface area contributed by atoms with E-state index < -0.39 is 13.1 Å². The highest BCUT2D eigenvalue weighted by Crippen LogP contribution is 2.39. The lowest BCUT2D eigenvalue weighted by Crippen LogP contribution is -2.22. The number of hydrogen-bond donors (Lipinski definition) is 3. The zero-order valence-electron chi connectivity index (χ0n) is 12.2. The molecule has 1 atom stereocenters. The second kappa shape index (κ2) is 7.32. The van der Waals surface area contributed by atoms with Gasteiger partial charge >= 0.3 is 7.60 Å². The van der Waals surface area contributed by atoms with Crippen molar-refractivity contribution in [2.24, 2.45) is 4.99 Å². The van der Waals surface area contributed by atoms with Gasteiger partial charge in [-0.15, -0.1) is 0 Å². The molecule has 0 aromatic heterocycles. The molecule has 0 bridgehead atoms. The summed E-state index contributed by atoms with van der Waals surface area (Å²) in [5.74, 6) is -0.270. The van der Waals surface area contributed by atoms with Crippen LogP contribution in [0.4, 0.5) is 5.69 Å². The highest BCUT2D eigenvalue weighted by atomic mass is 31.2. The van der Waals surface area contributed by atoms with Gasteiger partial charge in [0.2, 0.25) is 5.91 Å². The minimum Gasteiger partial charge on any atom is -0.326 e. The molecule has 1 unspecified atom stereocenters. The highest BCUT2D eigenvalue weighted by molar-refractivity contribution is 7.50. The summed E-state index contributed by atoms with van der Waals surface area (Å²) >= 11 is 0. The van der Waals surface area contributed by atoms with Crippen LogP contribution in [0.15, 0.2) is 29.3 Å². The molecule has 0 heterocycles. The summed E-state index contributed by atoms with van der Waals surface area (Å²) in [6, 6.07) is 8.21. The summed E-state index contributed by atoms with van der Waals surface area (Å²) in [5, 5.41) is 11.6. The maximum atomic E-state index is 11.8. The van der Waals surface area contributed by atoms with E-state index in [-0.39, 0.29) is 24.9 Å². The first-order chi connectivity index (χ1) is 10.2. The monoisotopic (exact) mass is 323 g/mol. The first-order valence-corrected chi connectivity index (χ1v) is 8.30. The van der Waals surface area contributed by atoms with E-state index in [1.54, 1.807) is 31.2 Å². The van der Waals surface area contributed by atoms with Crippen molar-refractivity contribution in [2.45, 2.75) is 31.5 Å². The zero-order chi connectivity index (χ0) is 16.8. The Hall–Kier alpha value is -2.00. The second-order valence-corrected chi connectivity index (χ2v) is 6.76. The summed E-state index contributed by atoms with van der Waals surface area (Å²) in [4.78, 5) is 33.3. The van der Waals surface area contributed by atoms with Gasteiger partial charge in [-0.2, -0.15) is 5.26 Å². The Balaban J connectivity index is 2.57. The second-order valence-electron chi connectivity index (χ2n) is 5.11. The molecule has 8 heteroatoms. The van der Waals surface area contributed by atoms with Crippen LogP contribution in [0, 0.1) is 11.3 Å². The van der Waals surface area contributed by atoms with E-state index in [2.05, 4.69) is 17.0 Å². The molecule has 0 aliphatic carbocycles. The van der Waals surface area contributed by atoms with Crippen LogP contribution in [-0.4, -0.2) is 28.0 Å². The molecular weight excluding hydrogens is 305 g/mol. The van der Waals surface area contributed by atoms with Crippen molar-refractivity contribution in [1.82, 2.24) is 0 Å². The largest absolute Gasteiger partial charge is 0.329 e. The van der Waals surface area contributed by atoms with Gasteiger partial charge in [-0.1, -0.05) is 12.1 Å². The minimum atomic E-state index is -4.10. The number of aliphatic imine (C=N–C) groups is 1. The number of nitriles is 1. The van der Waals surface area contributed by atoms with Gasteiger partial charge in [0.15, 0.2) is 0 Å². The number of nitrogens with one attached hydrogen (secondary N) is 1. The molecule has 0 spiro atoms. The molecule has 22 heavy (non-hydrogen) atoms. The lowest BCUT2D eigenvalue weighted by atomic mass is 9.98. The Bertz CT molecular complexity index is 632. The predicted octanol–water partition coefficient (Wildman–Crippen LogP) is 2.07. The Labute approximate surface area is 128 Å². The average molecular weight is 323 g/mol. The fraction of sp³-hybridized carbons (Fsp3) is 0.357. The molecule has 0 radical (unpaired) electrons. The molecule has 0 saturated carbocycles. The van der Waals surface area contributed by atoms with Gasteiger partial charge in [0, 0.05) is 12.1 Å². The van der Waals surface area contributed by atoms with Crippen LogP contribution in [0.1, 0.15) is 25.3 Å². The predicted molar refractivity (Wildman–Crippen MR) is 83.6 cm³/mol. The van der Waals surface area contributed by atoms with Gasteiger partial charge in [-0.25, -0.2) is 0 Å². The third kappa shape index (κ3) is 6.19. The average Bonchev–Trinajstić information content (AvgIpc) is 2.45. The maximum absolute atomic E-state index is 11.8. The van der Waals surface area contributed by atoms with Crippen LogP contribution in [0.5, 0.6) is 0 Å². The lowest BCUT2D eigenvalue weighted by Gasteiger charge is -2.15. The van der Waals surface area contributed by atoms with Gasteiger partial charge in [-0.3, -0.25) is 14.4 Å². The van der Waals surface area contributed by atoms with Crippen LogP contribution in [0.3, 0.4) is 0 Å². The minimum absolute atomic E-state index is 0.118. The van der Waals surface area contributed by atoms with Crippen molar-refractivity contribution in [3.63, 3.8) is 0 Å². The molecule has 118 valence electrons. The number of anilines is 1. The van der Waals surface area contributed by atoms with Crippen LogP contribution in [0.2, 0.25) is 0 Å². The summed E-state index contributed by atoms with van der Waals surface area (Å²) in [5.41, 5.74) is 0.0221. The summed E-state index contributed by atoms with van der Waals surface area (Å²) in [6.07, 6.45) is 0.0369. The fourth-order valence-corrected chi connectivity index (χ4v) is 2.37. The Morgan fingerprint density at radius 3 is 2.50 bits per heavy atom. The highest BCUT2D eigenvalue weighted by Gasteiger charge is 2.22. The number of carbonyl (C=O) groups is 1. The summed E-state index contributed by atoms with van der Waals surface area (Å²) in [7, 11) is -4.10. The SMILES string of the molecule is C=NC(C)(C#N)CCC(=O)Nc1ccc(CP(=O)(O)O)cc1. The van der Waals surface area contributed by atoms with Crippen molar-refractivity contribution in [1.29, 1.82) is 5.26 Å². The number of rotatable bonds is 7. The van der Waals surface area contributed by atoms with Crippen molar-refractivity contribution in [3.8, 4) is 6.07 Å². The summed E-state index contributed by atoms with van der Waals surface area (Å²) < 4.78 is 10.9. The summed E-state index contributed by atoms with van der Waals surface area (Å²) in [6.45, 7) is 4.94. The van der Waals surface area contributed by atoms with E-state index in [4.69, 9.17) is 15.0 Å². The van der Waals surface area contributed by atoms with Gasteiger partial charge in [-0.05, 0) is 37.8 Å². The van der Waals surface area contributed by atoms with Crippen LogP contribution < -0.4 is 5.32 Å². The molecule has 7 nitrogen and oxygen atoms in total. The third-order valence-corrected chi connectivity index (χ3v) is 3.83. The van der Waals surface area contributed by atoms with Crippen molar-refractivity contribution < 1.29 is 19.1 Å². The molecule has 0 saturated heterocycles. The number of amides is 1. The van der Waals surface area contributed by atoms with Crippen LogP contribution >= 0.6 is 7.60 Å². The number of carbonyl (C=O) groups excluding carboxylic acids is 1. The van der Waals surface area contributed by atoms with Gasteiger partial charge < -0.3 is 15.1 Å². The molecule has 1 amide bonds. The first kappa shape index (κ1) is 18.1. The smallest absolute Gasteiger partial charge is 0.326 e. The number of benzene rings is 1. The van der Waals surface area contributed by atoms with E-state index in [9.17, 15) is 9.36 Å². The normalized spacial score (nSPS) is 13.7. The molecule has 1 rings (SSSR count). The number of hydrogen-bond acceptors (Lipinski definition) is 4. The third-order valence-electron chi connectivity index (χ3n) is 3.05. The van der Waals surface area contributed by atoms with Gasteiger partial charge in [0.1, 0.15) is 5.54 Å². The van der Waals surface area contributed by atoms with Crippen molar-refractivity contribution in [3.05, 3.63) is 29.8 Å². The molecular formula is C14H18N3O4P. The lowest BCUT2D eigenvalue weighted by molar-refractivity contribution is -0.116. The van der Waals surface area contributed by atoms with Crippen LogP contribution in [0.25, 0.3) is 0 Å². The molecule has 3 N–H and O–H groups in total. The molecule has 1 aromatic carbocycles. The Kier molecular flexibility index (Phi) is 6.01. The Morgan fingerprint density at radius 1 is 1.45 bits per heavy atom. The molecule has 0 aliphatic heterocycles. The molecule has 0 aliphatic rings. The zero-order valence-corrected chi connectivity index (χ0v) is 13.1. The molecule has 0 fully saturated rings. The topological polar surface area (TPSA) is 123 Å². The van der Waals surface area contributed by atoms with E-state index in [1.807, 2.05) is 6.07 Å².